The first kappa shape index (κ1) is 13.1. The van der Waals surface area contributed by atoms with Gasteiger partial charge in [0.2, 0.25) is 0 Å². The number of esters is 1. The fraction of sp³-hybridized carbons (Fsp3) is 0.286. The summed E-state index contributed by atoms with van der Waals surface area (Å²) in [6.07, 6.45) is 1.68. The Morgan fingerprint density at radius 1 is 1.32 bits per heavy atom. The molecule has 0 fully saturated rings. The number of benzene rings is 1. The Bertz CT molecular complexity index is 573. The van der Waals surface area contributed by atoms with E-state index in [-0.39, 0.29) is 5.97 Å². The molecule has 100 valence electrons. The van der Waals surface area contributed by atoms with E-state index < -0.39 is 0 Å². The normalized spacial score (nSPS) is 10.3. The molecule has 0 radical (unpaired) electrons. The molecular weight excluding hydrogens is 244 g/mol. The number of rotatable bonds is 4. The predicted molar refractivity (Wildman–Crippen MR) is 70.8 cm³/mol. The van der Waals surface area contributed by atoms with Crippen LogP contribution in [0, 0.1) is 6.92 Å². The van der Waals surface area contributed by atoms with Crippen molar-refractivity contribution in [3.05, 3.63) is 41.7 Å². The van der Waals surface area contributed by atoms with Crippen molar-refractivity contribution >= 4 is 5.97 Å². The molecule has 0 saturated heterocycles. The lowest BCUT2D eigenvalue weighted by Crippen LogP contribution is -2.04. The Kier molecular flexibility index (Phi) is 3.85. The van der Waals surface area contributed by atoms with Crippen LogP contribution in [0.25, 0.3) is 5.69 Å². The average Bonchev–Trinajstić information content (AvgIpc) is 2.81. The zero-order chi connectivity index (χ0) is 13.8. The SMILES string of the molecule is CCOC(=O)c1cn(-c2ccc(OC)cc2)nc1C. The molecule has 0 bridgehead atoms. The van der Waals surface area contributed by atoms with Crippen molar-refractivity contribution in [1.82, 2.24) is 9.78 Å². The molecule has 0 aliphatic rings. The summed E-state index contributed by atoms with van der Waals surface area (Å²) in [5.74, 6) is 0.429. The molecule has 0 N–H and O–H groups in total. The fourth-order valence-corrected chi connectivity index (χ4v) is 1.74. The first-order valence-electron chi connectivity index (χ1n) is 6.03. The summed E-state index contributed by atoms with van der Waals surface area (Å²) in [6.45, 7) is 3.92. The second-order valence-electron chi connectivity index (χ2n) is 3.99. The maximum Gasteiger partial charge on any atom is 0.341 e. The number of aryl methyl sites for hydroxylation is 1. The van der Waals surface area contributed by atoms with Crippen LogP contribution in [0.3, 0.4) is 0 Å². The van der Waals surface area contributed by atoms with Gasteiger partial charge >= 0.3 is 5.97 Å². The third-order valence-electron chi connectivity index (χ3n) is 2.73. The highest BCUT2D eigenvalue weighted by molar-refractivity contribution is 5.90. The molecule has 1 aromatic heterocycles. The van der Waals surface area contributed by atoms with E-state index in [1.807, 2.05) is 24.3 Å². The zero-order valence-corrected chi connectivity index (χ0v) is 11.2. The number of hydrogen-bond donors (Lipinski definition) is 0. The summed E-state index contributed by atoms with van der Waals surface area (Å²) in [4.78, 5) is 11.7. The van der Waals surface area contributed by atoms with Crippen LogP contribution >= 0.6 is 0 Å². The van der Waals surface area contributed by atoms with Crippen LogP contribution in [-0.4, -0.2) is 29.5 Å². The monoisotopic (exact) mass is 260 g/mol. The molecule has 0 aliphatic carbocycles. The summed E-state index contributed by atoms with van der Waals surface area (Å²) in [6, 6.07) is 7.44. The van der Waals surface area contributed by atoms with E-state index in [0.29, 0.717) is 17.9 Å². The average molecular weight is 260 g/mol. The number of nitrogens with zero attached hydrogens (tertiary/aromatic N) is 2. The van der Waals surface area contributed by atoms with Crippen LogP contribution in [0.2, 0.25) is 0 Å². The fourth-order valence-electron chi connectivity index (χ4n) is 1.74. The van der Waals surface area contributed by atoms with Gasteiger partial charge in [-0.15, -0.1) is 0 Å². The molecule has 0 saturated carbocycles. The minimum Gasteiger partial charge on any atom is -0.497 e. The smallest absolute Gasteiger partial charge is 0.341 e. The molecular formula is C14H16N2O3. The molecule has 0 unspecified atom stereocenters. The molecule has 0 aliphatic heterocycles. The highest BCUT2D eigenvalue weighted by Gasteiger charge is 2.14. The van der Waals surface area contributed by atoms with Crippen molar-refractivity contribution in [2.45, 2.75) is 13.8 Å². The Balaban J connectivity index is 2.30. The van der Waals surface area contributed by atoms with Crippen LogP contribution in [0.4, 0.5) is 0 Å². The molecule has 2 aromatic rings. The molecule has 1 heterocycles. The molecule has 5 nitrogen and oxygen atoms in total. The standard InChI is InChI=1S/C14H16N2O3/c1-4-19-14(17)13-9-16(15-10(13)2)11-5-7-12(18-3)8-6-11/h5-9H,4H2,1-3H3. The Labute approximate surface area is 111 Å². The van der Waals surface area contributed by atoms with Crippen LogP contribution < -0.4 is 4.74 Å². The number of methoxy groups -OCH3 is 1. The van der Waals surface area contributed by atoms with Gasteiger partial charge in [-0.05, 0) is 38.1 Å². The van der Waals surface area contributed by atoms with Crippen molar-refractivity contribution in [1.29, 1.82) is 0 Å². The molecule has 0 spiro atoms. The van der Waals surface area contributed by atoms with Gasteiger partial charge in [-0.3, -0.25) is 0 Å². The highest BCUT2D eigenvalue weighted by atomic mass is 16.5. The van der Waals surface area contributed by atoms with Gasteiger partial charge in [-0.2, -0.15) is 5.10 Å². The van der Waals surface area contributed by atoms with Crippen molar-refractivity contribution in [2.24, 2.45) is 0 Å². The van der Waals surface area contributed by atoms with Crippen molar-refractivity contribution in [2.75, 3.05) is 13.7 Å². The maximum absolute atomic E-state index is 11.7. The van der Waals surface area contributed by atoms with E-state index in [4.69, 9.17) is 9.47 Å². The Hall–Kier alpha value is -2.30. The molecule has 1 aromatic carbocycles. The van der Waals surface area contributed by atoms with Gasteiger partial charge in [-0.1, -0.05) is 0 Å². The van der Waals surface area contributed by atoms with Gasteiger partial charge in [0.05, 0.1) is 25.1 Å². The van der Waals surface area contributed by atoms with E-state index in [1.54, 1.807) is 31.8 Å². The number of carbonyl (C=O) groups is 1. The quantitative estimate of drug-likeness (QED) is 0.792. The summed E-state index contributed by atoms with van der Waals surface area (Å²) >= 11 is 0. The Morgan fingerprint density at radius 3 is 2.58 bits per heavy atom. The van der Waals surface area contributed by atoms with E-state index in [9.17, 15) is 4.79 Å². The second kappa shape index (κ2) is 5.56. The van der Waals surface area contributed by atoms with Gasteiger partial charge in [0, 0.05) is 6.20 Å². The van der Waals surface area contributed by atoms with Crippen molar-refractivity contribution < 1.29 is 14.3 Å². The van der Waals surface area contributed by atoms with Crippen molar-refractivity contribution in [3.8, 4) is 11.4 Å². The Morgan fingerprint density at radius 2 is 2.00 bits per heavy atom. The summed E-state index contributed by atoms with van der Waals surface area (Å²) < 4.78 is 11.7. The van der Waals surface area contributed by atoms with Gasteiger partial charge < -0.3 is 9.47 Å². The lowest BCUT2D eigenvalue weighted by Gasteiger charge is -2.03. The summed E-state index contributed by atoms with van der Waals surface area (Å²) in [5, 5.41) is 4.31. The number of carbonyl (C=O) groups excluding carboxylic acids is 1. The minimum atomic E-state index is -0.347. The first-order chi connectivity index (χ1) is 9.15. The van der Waals surface area contributed by atoms with Crippen LogP contribution in [0.15, 0.2) is 30.5 Å². The number of hydrogen-bond acceptors (Lipinski definition) is 4. The number of ether oxygens (including phenoxy) is 2. The molecule has 19 heavy (non-hydrogen) atoms. The highest BCUT2D eigenvalue weighted by Crippen LogP contribution is 2.16. The van der Waals surface area contributed by atoms with Gasteiger partial charge in [-0.25, -0.2) is 9.48 Å². The maximum atomic E-state index is 11.7. The largest absolute Gasteiger partial charge is 0.497 e. The van der Waals surface area contributed by atoms with Crippen LogP contribution in [-0.2, 0) is 4.74 Å². The lowest BCUT2D eigenvalue weighted by atomic mass is 10.2. The lowest BCUT2D eigenvalue weighted by molar-refractivity contribution is 0.0525. The number of aromatic nitrogens is 2. The molecule has 0 atom stereocenters. The summed E-state index contributed by atoms with van der Waals surface area (Å²) in [7, 11) is 1.62. The van der Waals surface area contributed by atoms with E-state index in [2.05, 4.69) is 5.10 Å². The summed E-state index contributed by atoms with van der Waals surface area (Å²) in [5.41, 5.74) is 1.99. The van der Waals surface area contributed by atoms with Crippen LogP contribution in [0.1, 0.15) is 23.0 Å². The third kappa shape index (κ3) is 2.76. The minimum absolute atomic E-state index is 0.347. The van der Waals surface area contributed by atoms with Gasteiger partial charge in [0.1, 0.15) is 11.3 Å². The molecule has 2 rings (SSSR count). The molecule has 5 heteroatoms. The molecule has 0 amide bonds. The van der Waals surface area contributed by atoms with E-state index >= 15 is 0 Å². The van der Waals surface area contributed by atoms with Gasteiger partial charge in [0.15, 0.2) is 0 Å². The van der Waals surface area contributed by atoms with E-state index in [1.165, 1.54) is 0 Å². The van der Waals surface area contributed by atoms with Crippen LogP contribution in [0.5, 0.6) is 5.75 Å². The van der Waals surface area contributed by atoms with Crippen molar-refractivity contribution in [3.63, 3.8) is 0 Å². The second-order valence-corrected chi connectivity index (χ2v) is 3.99. The topological polar surface area (TPSA) is 53.4 Å². The predicted octanol–water partition coefficient (Wildman–Crippen LogP) is 2.37. The zero-order valence-electron chi connectivity index (χ0n) is 11.2. The first-order valence-corrected chi connectivity index (χ1v) is 6.03. The van der Waals surface area contributed by atoms with Gasteiger partial charge in [0.25, 0.3) is 0 Å². The van der Waals surface area contributed by atoms with E-state index in [0.717, 1.165) is 11.4 Å². The third-order valence-corrected chi connectivity index (χ3v) is 2.73.